The van der Waals surface area contributed by atoms with Crippen LogP contribution < -0.4 is 0 Å². The lowest BCUT2D eigenvalue weighted by atomic mass is 9.73. The van der Waals surface area contributed by atoms with Crippen molar-refractivity contribution in [2.45, 2.75) is 79.1 Å². The molecule has 3 atom stereocenters. The van der Waals surface area contributed by atoms with Gasteiger partial charge in [0.15, 0.2) is 5.78 Å². The number of carbonyl (C=O) groups excluding carboxylic acids is 3. The maximum Gasteiger partial charge on any atom is 0.167 e. The van der Waals surface area contributed by atoms with Crippen molar-refractivity contribution >= 4 is 17.3 Å². The minimum absolute atomic E-state index is 0. The Kier molecular flexibility index (Phi) is 14.7. The molecule has 1 aliphatic carbocycles. The highest BCUT2D eigenvalue weighted by Gasteiger charge is 2.34. The summed E-state index contributed by atoms with van der Waals surface area (Å²) in [5.41, 5.74) is 2.15. The summed E-state index contributed by atoms with van der Waals surface area (Å²) in [4.78, 5) is 36.2. The van der Waals surface area contributed by atoms with Crippen molar-refractivity contribution in [1.82, 2.24) is 0 Å². The van der Waals surface area contributed by atoms with E-state index in [1.165, 1.54) is 32.3 Å². The normalized spacial score (nSPS) is 16.5. The van der Waals surface area contributed by atoms with E-state index < -0.39 is 5.92 Å². The fourth-order valence-corrected chi connectivity index (χ4v) is 4.53. The van der Waals surface area contributed by atoms with Crippen LogP contribution in [0.4, 0.5) is 0 Å². The molecule has 0 fully saturated rings. The van der Waals surface area contributed by atoms with Crippen molar-refractivity contribution < 1.29 is 38.0 Å². The van der Waals surface area contributed by atoms with E-state index in [9.17, 15) is 29.7 Å². The van der Waals surface area contributed by atoms with Gasteiger partial charge >= 0.3 is 0 Å². The first-order valence-corrected chi connectivity index (χ1v) is 11.8. The van der Waals surface area contributed by atoms with Gasteiger partial charge in [-0.2, -0.15) is 0 Å². The molecule has 0 radical (unpaired) electrons. The Bertz CT molecular complexity index is 781. The molecule has 0 amide bonds. The van der Waals surface area contributed by atoms with Crippen LogP contribution in [-0.2, 0) is 16.0 Å². The molecule has 7 nitrogen and oxygen atoms in total. The van der Waals surface area contributed by atoms with Gasteiger partial charge in [-0.3, -0.25) is 14.4 Å². The number of ketones is 3. The Morgan fingerprint density at radius 3 is 2.27 bits per heavy atom. The lowest BCUT2D eigenvalue weighted by Gasteiger charge is -2.31. The number of aromatic hydroxyl groups is 1. The van der Waals surface area contributed by atoms with Gasteiger partial charge in [-0.1, -0.05) is 39.2 Å². The molecule has 0 aromatic heterocycles. The van der Waals surface area contributed by atoms with Crippen LogP contribution in [0.15, 0.2) is 12.1 Å². The monoisotopic (exact) mass is 470 g/mol. The van der Waals surface area contributed by atoms with Crippen LogP contribution in [0.25, 0.3) is 0 Å². The van der Waals surface area contributed by atoms with Crippen LogP contribution in [0.5, 0.6) is 5.75 Å². The van der Waals surface area contributed by atoms with Crippen LogP contribution in [0, 0.1) is 24.7 Å². The van der Waals surface area contributed by atoms with Crippen molar-refractivity contribution in [3.05, 3.63) is 28.8 Å². The molecule has 0 aliphatic heterocycles. The highest BCUT2D eigenvalue weighted by atomic mass is 16.3. The summed E-state index contributed by atoms with van der Waals surface area (Å²) in [5, 5.41) is 29.1. The van der Waals surface area contributed by atoms with E-state index in [-0.39, 0.29) is 69.3 Å². The number of Topliss-reactive ketones (excluding diaryl/α,β-unsaturated/α-hetero) is 3. The molecule has 0 spiro atoms. The Morgan fingerprint density at radius 1 is 1.15 bits per heavy atom. The number of rotatable bonds is 11. The first kappa shape index (κ1) is 30.9. The highest BCUT2D eigenvalue weighted by molar-refractivity contribution is 6.01. The molecule has 1 aromatic carbocycles. The van der Waals surface area contributed by atoms with Crippen LogP contribution in [0.2, 0.25) is 0 Å². The first-order chi connectivity index (χ1) is 15.2. The molecule has 0 heterocycles. The molecule has 3 unspecified atom stereocenters. The SMILES string of the molecule is CC(=O)CC(=O)C(CO)C(CCO)CC1CC(=O)c2c(O)ccc(C)c2C1.CCCCC.O.[HH].[HH]. The maximum absolute atomic E-state index is 12.6. The number of phenols is 1. The van der Waals surface area contributed by atoms with Gasteiger partial charge in [0, 0.05) is 21.8 Å². The zero-order valence-electron chi connectivity index (χ0n) is 20.5. The quantitative estimate of drug-likeness (QED) is 0.419. The van der Waals surface area contributed by atoms with Crippen LogP contribution in [-0.4, -0.2) is 51.4 Å². The average Bonchev–Trinajstić information content (AvgIpc) is 2.72. The van der Waals surface area contributed by atoms with Gasteiger partial charge in [0.25, 0.3) is 0 Å². The van der Waals surface area contributed by atoms with E-state index in [1.54, 1.807) is 6.07 Å². The number of phenolic OH excluding ortho intramolecular Hbond substituents is 1. The number of fused-ring (bicyclic) bond motifs is 1. The lowest BCUT2D eigenvalue weighted by Crippen LogP contribution is -2.32. The second-order valence-electron chi connectivity index (χ2n) is 8.95. The molecule has 2 rings (SSSR count). The third kappa shape index (κ3) is 9.35. The summed E-state index contributed by atoms with van der Waals surface area (Å²) in [6.07, 6.45) is 5.52. The molecule has 0 saturated carbocycles. The van der Waals surface area contributed by atoms with Crippen LogP contribution in [0.3, 0.4) is 0 Å². The summed E-state index contributed by atoms with van der Waals surface area (Å²) >= 11 is 0. The Morgan fingerprint density at radius 2 is 1.79 bits per heavy atom. The molecule has 5 N–H and O–H groups in total. The summed E-state index contributed by atoms with van der Waals surface area (Å²) in [6, 6.07) is 3.31. The van der Waals surface area contributed by atoms with Crippen LogP contribution >= 0.6 is 0 Å². The number of benzene rings is 1. The van der Waals surface area contributed by atoms with E-state index >= 15 is 0 Å². The Labute approximate surface area is 200 Å². The van der Waals surface area contributed by atoms with Crippen molar-refractivity contribution in [1.29, 1.82) is 0 Å². The molecular formula is C26H46O7. The second kappa shape index (κ2) is 15.7. The molecule has 1 aliphatic rings. The van der Waals surface area contributed by atoms with Gasteiger partial charge in [-0.25, -0.2) is 0 Å². The number of aliphatic hydroxyl groups is 2. The van der Waals surface area contributed by atoms with Crippen molar-refractivity contribution in [3.8, 4) is 5.75 Å². The van der Waals surface area contributed by atoms with Crippen molar-refractivity contribution in [2.75, 3.05) is 13.2 Å². The molecule has 7 heteroatoms. The zero-order valence-corrected chi connectivity index (χ0v) is 20.5. The Hall–Kier alpha value is -2.09. The van der Waals surface area contributed by atoms with Gasteiger partial charge in [-0.05, 0) is 62.1 Å². The smallest absolute Gasteiger partial charge is 0.167 e. The molecular weight excluding hydrogens is 424 g/mol. The van der Waals surface area contributed by atoms with Crippen molar-refractivity contribution in [3.63, 3.8) is 0 Å². The summed E-state index contributed by atoms with van der Waals surface area (Å²) in [5.74, 6) is -1.77. The number of aliphatic hydroxyl groups excluding tert-OH is 2. The lowest BCUT2D eigenvalue weighted by molar-refractivity contribution is -0.131. The number of carbonyl (C=O) groups is 3. The van der Waals surface area contributed by atoms with E-state index in [0.717, 1.165) is 11.1 Å². The standard InChI is InChI=1S/C21H28O6.C5H12.H2O.2H2/c1-12-3-4-18(25)21-16(12)9-14(10-20(21)27)8-15(5-6-22)17(11-23)19(26)7-13(2)24;1-3-5-4-2;;;/h3-4,14-15,17,22-23,25H,5-11H2,1-2H3;3-5H2,1-2H3;1H2;2*1H. The van der Waals surface area contributed by atoms with Gasteiger partial charge in [-0.15, -0.1) is 0 Å². The third-order valence-electron chi connectivity index (χ3n) is 6.22. The van der Waals surface area contributed by atoms with Gasteiger partial charge in [0.05, 0.1) is 18.6 Å². The fraction of sp³-hybridized carbons (Fsp3) is 0.654. The second-order valence-corrected chi connectivity index (χ2v) is 8.95. The molecule has 192 valence electrons. The summed E-state index contributed by atoms with van der Waals surface area (Å²) in [6.45, 7) is 7.14. The van der Waals surface area contributed by atoms with Gasteiger partial charge < -0.3 is 20.8 Å². The maximum atomic E-state index is 12.6. The predicted octanol–water partition coefficient (Wildman–Crippen LogP) is 3.85. The molecule has 0 saturated heterocycles. The number of unbranched alkanes of at least 4 members (excludes halogenated alkanes) is 2. The highest BCUT2D eigenvalue weighted by Crippen LogP contribution is 2.37. The number of hydrogen-bond acceptors (Lipinski definition) is 6. The zero-order chi connectivity index (χ0) is 24.3. The molecule has 1 aromatic rings. The van der Waals surface area contributed by atoms with E-state index in [1.807, 2.05) is 6.92 Å². The molecule has 0 bridgehead atoms. The number of aryl methyl sites for hydroxylation is 1. The molecule has 33 heavy (non-hydrogen) atoms. The largest absolute Gasteiger partial charge is 0.507 e. The van der Waals surface area contributed by atoms with E-state index in [2.05, 4.69) is 13.8 Å². The Balaban J connectivity index is -0.00000116. The minimum Gasteiger partial charge on any atom is -0.507 e. The summed E-state index contributed by atoms with van der Waals surface area (Å²) < 4.78 is 0. The van der Waals surface area contributed by atoms with Gasteiger partial charge in [0.2, 0.25) is 0 Å². The van der Waals surface area contributed by atoms with Gasteiger partial charge in [0.1, 0.15) is 17.3 Å². The van der Waals surface area contributed by atoms with E-state index in [0.29, 0.717) is 24.8 Å². The third-order valence-corrected chi connectivity index (χ3v) is 6.22. The predicted molar refractivity (Wildman–Crippen MR) is 133 cm³/mol. The van der Waals surface area contributed by atoms with E-state index in [4.69, 9.17) is 0 Å². The topological polar surface area (TPSA) is 143 Å². The van der Waals surface area contributed by atoms with Crippen LogP contribution in [0.1, 0.15) is 90.1 Å². The first-order valence-electron chi connectivity index (χ1n) is 11.8. The fourth-order valence-electron chi connectivity index (χ4n) is 4.53. The summed E-state index contributed by atoms with van der Waals surface area (Å²) in [7, 11) is 0. The average molecular weight is 471 g/mol. The van der Waals surface area contributed by atoms with Crippen molar-refractivity contribution in [2.24, 2.45) is 17.8 Å². The minimum atomic E-state index is -0.720. The number of hydrogen-bond donors (Lipinski definition) is 3.